The van der Waals surface area contributed by atoms with E-state index in [4.69, 9.17) is 9.84 Å². The summed E-state index contributed by atoms with van der Waals surface area (Å²) in [5.41, 5.74) is 1.71. The summed E-state index contributed by atoms with van der Waals surface area (Å²) in [6.45, 7) is 3.74. The van der Waals surface area contributed by atoms with Crippen molar-refractivity contribution in [2.75, 3.05) is 0 Å². The summed E-state index contributed by atoms with van der Waals surface area (Å²) >= 11 is 0. The van der Waals surface area contributed by atoms with Crippen LogP contribution < -0.4 is 4.74 Å². The molecule has 1 aromatic carbocycles. The largest absolute Gasteiger partial charge is 0.478 e. The monoisotopic (exact) mass is 272 g/mol. The molecule has 104 valence electrons. The molecule has 0 saturated heterocycles. The molecule has 0 aliphatic rings. The molecule has 0 saturated carbocycles. The van der Waals surface area contributed by atoms with Crippen LogP contribution in [0.5, 0.6) is 11.8 Å². The van der Waals surface area contributed by atoms with Crippen molar-refractivity contribution in [2.45, 2.75) is 26.7 Å². The molecule has 20 heavy (non-hydrogen) atoms. The minimum atomic E-state index is -1.04. The maximum absolute atomic E-state index is 10.9. The standard InChI is InChI=1S/C15H16N2O3/c1-3-4-11-5-7-12(8-6-11)20-15-16-9-13(14(18)19)10(2)17-15/h5-9H,3-4H2,1-2H3,(H,18,19). The van der Waals surface area contributed by atoms with Gasteiger partial charge in [-0.3, -0.25) is 0 Å². The first-order valence-electron chi connectivity index (χ1n) is 6.44. The van der Waals surface area contributed by atoms with Crippen molar-refractivity contribution >= 4 is 5.97 Å². The Morgan fingerprint density at radius 3 is 2.55 bits per heavy atom. The van der Waals surface area contributed by atoms with Crippen LogP contribution >= 0.6 is 0 Å². The number of rotatable bonds is 5. The van der Waals surface area contributed by atoms with Gasteiger partial charge in [0.1, 0.15) is 5.75 Å². The summed E-state index contributed by atoms with van der Waals surface area (Å²) in [6, 6.07) is 7.86. The Kier molecular flexibility index (Phi) is 4.30. The highest BCUT2D eigenvalue weighted by molar-refractivity contribution is 5.88. The van der Waals surface area contributed by atoms with Gasteiger partial charge in [-0.15, -0.1) is 0 Å². The van der Waals surface area contributed by atoms with Crippen LogP contribution in [0.1, 0.15) is 35.0 Å². The number of aryl methyl sites for hydroxylation is 2. The van der Waals surface area contributed by atoms with Crippen LogP contribution in [0, 0.1) is 6.92 Å². The van der Waals surface area contributed by atoms with Gasteiger partial charge in [0.2, 0.25) is 0 Å². The molecule has 2 rings (SSSR count). The van der Waals surface area contributed by atoms with E-state index in [2.05, 4.69) is 16.9 Å². The molecule has 5 nitrogen and oxygen atoms in total. The Balaban J connectivity index is 2.13. The highest BCUT2D eigenvalue weighted by atomic mass is 16.5. The Hall–Kier alpha value is -2.43. The van der Waals surface area contributed by atoms with Crippen molar-refractivity contribution in [1.82, 2.24) is 9.97 Å². The van der Waals surface area contributed by atoms with Crippen LogP contribution in [0.3, 0.4) is 0 Å². The Morgan fingerprint density at radius 2 is 2.00 bits per heavy atom. The third-order valence-electron chi connectivity index (χ3n) is 2.86. The summed E-state index contributed by atoms with van der Waals surface area (Å²) in [4.78, 5) is 18.8. The molecule has 2 aromatic rings. The van der Waals surface area contributed by atoms with E-state index in [1.165, 1.54) is 11.8 Å². The lowest BCUT2D eigenvalue weighted by Gasteiger charge is -2.06. The van der Waals surface area contributed by atoms with Crippen molar-refractivity contribution in [3.05, 3.63) is 47.3 Å². The van der Waals surface area contributed by atoms with Crippen LogP contribution in [0.25, 0.3) is 0 Å². The van der Waals surface area contributed by atoms with E-state index in [1.54, 1.807) is 6.92 Å². The lowest BCUT2D eigenvalue weighted by Crippen LogP contribution is -2.04. The predicted octanol–water partition coefficient (Wildman–Crippen LogP) is 3.23. The topological polar surface area (TPSA) is 72.3 Å². The van der Waals surface area contributed by atoms with Gasteiger partial charge in [-0.25, -0.2) is 9.78 Å². The van der Waals surface area contributed by atoms with E-state index in [0.717, 1.165) is 12.8 Å². The first-order valence-corrected chi connectivity index (χ1v) is 6.44. The quantitative estimate of drug-likeness (QED) is 0.904. The molecule has 1 N–H and O–H groups in total. The third-order valence-corrected chi connectivity index (χ3v) is 2.86. The van der Waals surface area contributed by atoms with Gasteiger partial charge >= 0.3 is 12.0 Å². The zero-order chi connectivity index (χ0) is 14.5. The fourth-order valence-corrected chi connectivity index (χ4v) is 1.82. The predicted molar refractivity (Wildman–Crippen MR) is 74.2 cm³/mol. The molecule has 1 aromatic heterocycles. The number of hydrogen-bond donors (Lipinski definition) is 1. The van der Waals surface area contributed by atoms with Crippen molar-refractivity contribution < 1.29 is 14.6 Å². The van der Waals surface area contributed by atoms with Gasteiger partial charge in [-0.2, -0.15) is 4.98 Å². The molecular formula is C15H16N2O3. The molecule has 0 fully saturated rings. The van der Waals surface area contributed by atoms with Gasteiger partial charge in [0.05, 0.1) is 11.3 Å². The summed E-state index contributed by atoms with van der Waals surface area (Å²) in [5, 5.41) is 8.91. The van der Waals surface area contributed by atoms with Crippen LogP contribution in [-0.4, -0.2) is 21.0 Å². The Bertz CT molecular complexity index is 609. The van der Waals surface area contributed by atoms with Gasteiger partial charge in [0, 0.05) is 6.20 Å². The Labute approximate surface area is 117 Å². The minimum absolute atomic E-state index is 0.0793. The van der Waals surface area contributed by atoms with Crippen LogP contribution in [-0.2, 0) is 6.42 Å². The van der Waals surface area contributed by atoms with Crippen LogP contribution in [0.15, 0.2) is 30.5 Å². The molecule has 0 radical (unpaired) electrons. The second-order valence-electron chi connectivity index (χ2n) is 4.45. The van der Waals surface area contributed by atoms with Gasteiger partial charge in [-0.1, -0.05) is 25.5 Å². The van der Waals surface area contributed by atoms with Gasteiger partial charge in [0.25, 0.3) is 0 Å². The maximum atomic E-state index is 10.9. The highest BCUT2D eigenvalue weighted by Gasteiger charge is 2.10. The smallest absolute Gasteiger partial charge is 0.339 e. The number of carboxylic acid groups (broad SMARTS) is 1. The van der Waals surface area contributed by atoms with Crippen molar-refractivity contribution in [3.63, 3.8) is 0 Å². The van der Waals surface area contributed by atoms with Gasteiger partial charge in [-0.05, 0) is 31.0 Å². The molecule has 1 heterocycles. The number of ether oxygens (including phenoxy) is 1. The van der Waals surface area contributed by atoms with E-state index in [-0.39, 0.29) is 11.6 Å². The molecule has 0 bridgehead atoms. The van der Waals surface area contributed by atoms with E-state index >= 15 is 0 Å². The Morgan fingerprint density at radius 1 is 1.30 bits per heavy atom. The lowest BCUT2D eigenvalue weighted by molar-refractivity contribution is 0.0695. The zero-order valence-corrected chi connectivity index (χ0v) is 11.5. The number of benzene rings is 1. The summed E-state index contributed by atoms with van der Waals surface area (Å²) < 4.78 is 5.51. The number of carbonyl (C=O) groups is 1. The fourth-order valence-electron chi connectivity index (χ4n) is 1.82. The second kappa shape index (κ2) is 6.14. The third kappa shape index (κ3) is 3.32. The van der Waals surface area contributed by atoms with Crippen molar-refractivity contribution in [2.24, 2.45) is 0 Å². The fraction of sp³-hybridized carbons (Fsp3) is 0.267. The number of aromatic carboxylic acids is 1. The molecule has 5 heteroatoms. The highest BCUT2D eigenvalue weighted by Crippen LogP contribution is 2.19. The zero-order valence-electron chi connectivity index (χ0n) is 11.5. The van der Waals surface area contributed by atoms with Crippen LogP contribution in [0.2, 0.25) is 0 Å². The number of aromatic nitrogens is 2. The molecular weight excluding hydrogens is 256 g/mol. The van der Waals surface area contributed by atoms with Crippen molar-refractivity contribution in [3.8, 4) is 11.8 Å². The minimum Gasteiger partial charge on any atom is -0.478 e. The van der Waals surface area contributed by atoms with Crippen molar-refractivity contribution in [1.29, 1.82) is 0 Å². The molecule has 0 atom stereocenters. The summed E-state index contributed by atoms with van der Waals surface area (Å²) in [5.74, 6) is -0.412. The lowest BCUT2D eigenvalue weighted by atomic mass is 10.1. The molecule has 0 spiro atoms. The normalized spacial score (nSPS) is 10.3. The molecule has 0 aliphatic heterocycles. The number of nitrogens with zero attached hydrogens (tertiary/aromatic N) is 2. The van der Waals surface area contributed by atoms with E-state index < -0.39 is 5.97 Å². The first kappa shape index (κ1) is 14.0. The first-order chi connectivity index (χ1) is 9.60. The van der Waals surface area contributed by atoms with E-state index in [1.807, 2.05) is 24.3 Å². The number of hydrogen-bond acceptors (Lipinski definition) is 4. The average molecular weight is 272 g/mol. The van der Waals surface area contributed by atoms with E-state index in [9.17, 15) is 4.79 Å². The SMILES string of the molecule is CCCc1ccc(Oc2ncc(C(=O)O)c(C)n2)cc1. The summed E-state index contributed by atoms with van der Waals surface area (Å²) in [7, 11) is 0. The molecule has 0 unspecified atom stereocenters. The molecule has 0 amide bonds. The summed E-state index contributed by atoms with van der Waals surface area (Å²) in [6.07, 6.45) is 3.38. The van der Waals surface area contributed by atoms with Gasteiger partial charge < -0.3 is 9.84 Å². The van der Waals surface area contributed by atoms with E-state index in [0.29, 0.717) is 11.4 Å². The second-order valence-corrected chi connectivity index (χ2v) is 4.45. The average Bonchev–Trinajstić information content (AvgIpc) is 2.41. The van der Waals surface area contributed by atoms with Gasteiger partial charge in [0.15, 0.2) is 0 Å². The maximum Gasteiger partial charge on any atom is 0.339 e. The molecule has 0 aliphatic carbocycles. The van der Waals surface area contributed by atoms with Crippen LogP contribution in [0.4, 0.5) is 0 Å². The number of carboxylic acids is 1.